The summed E-state index contributed by atoms with van der Waals surface area (Å²) in [5.41, 5.74) is 0.629. The predicted octanol–water partition coefficient (Wildman–Crippen LogP) is 1.87. The smallest absolute Gasteiger partial charge is 0.223 e. The van der Waals surface area contributed by atoms with E-state index in [-0.39, 0.29) is 30.6 Å². The van der Waals surface area contributed by atoms with Crippen molar-refractivity contribution in [2.45, 2.75) is 32.7 Å². The van der Waals surface area contributed by atoms with Crippen LogP contribution in [0.3, 0.4) is 0 Å². The van der Waals surface area contributed by atoms with Crippen molar-refractivity contribution in [1.29, 1.82) is 0 Å². The molecule has 0 bridgehead atoms. The van der Waals surface area contributed by atoms with Crippen molar-refractivity contribution in [2.75, 3.05) is 26.2 Å². The lowest BCUT2D eigenvalue weighted by molar-refractivity contribution is -0.133. The number of carbonyl (C=O) groups excluding carboxylic acids is 2. The molecular formula is C17H24N2O3. The van der Waals surface area contributed by atoms with Crippen molar-refractivity contribution in [3.05, 3.63) is 29.8 Å². The Morgan fingerprint density at radius 3 is 2.64 bits per heavy atom. The molecule has 120 valence electrons. The highest BCUT2D eigenvalue weighted by Gasteiger charge is 2.23. The molecule has 1 heterocycles. The molecule has 1 amide bonds. The number of carbonyl (C=O) groups is 2. The van der Waals surface area contributed by atoms with E-state index in [2.05, 4.69) is 5.32 Å². The van der Waals surface area contributed by atoms with Gasteiger partial charge in [0.15, 0.2) is 5.78 Å². The second kappa shape index (κ2) is 7.94. The van der Waals surface area contributed by atoms with Gasteiger partial charge in [0.05, 0.1) is 6.61 Å². The lowest BCUT2D eigenvalue weighted by Gasteiger charge is -2.34. The molecule has 1 saturated heterocycles. The average molecular weight is 304 g/mol. The van der Waals surface area contributed by atoms with Gasteiger partial charge >= 0.3 is 0 Å². The van der Waals surface area contributed by atoms with E-state index >= 15 is 0 Å². The number of nitrogens with zero attached hydrogens (tertiary/aromatic N) is 1. The molecule has 0 saturated carbocycles. The summed E-state index contributed by atoms with van der Waals surface area (Å²) >= 11 is 0. The van der Waals surface area contributed by atoms with Gasteiger partial charge in [-0.15, -0.1) is 0 Å². The highest BCUT2D eigenvalue weighted by molar-refractivity contribution is 5.98. The summed E-state index contributed by atoms with van der Waals surface area (Å²) in [6.07, 6.45) is 0.528. The van der Waals surface area contributed by atoms with Crippen LogP contribution in [0.2, 0.25) is 0 Å². The van der Waals surface area contributed by atoms with Crippen molar-refractivity contribution < 1.29 is 14.3 Å². The van der Waals surface area contributed by atoms with Crippen molar-refractivity contribution in [2.24, 2.45) is 0 Å². The Bertz CT molecular complexity index is 513. The highest BCUT2D eigenvalue weighted by atomic mass is 16.5. The molecule has 1 aromatic carbocycles. The molecule has 1 aliphatic heterocycles. The fourth-order valence-electron chi connectivity index (χ4n) is 2.62. The largest absolute Gasteiger partial charge is 0.494 e. The zero-order chi connectivity index (χ0) is 15.9. The Morgan fingerprint density at radius 2 is 2.00 bits per heavy atom. The molecule has 5 heteroatoms. The fraction of sp³-hybridized carbons (Fsp3) is 0.529. The van der Waals surface area contributed by atoms with E-state index in [1.807, 2.05) is 18.7 Å². The normalized spacial score (nSPS) is 18.1. The number of Topliss-reactive ketones (excluding diaryl/α,β-unsaturated/α-hetero) is 1. The molecule has 1 N–H and O–H groups in total. The quantitative estimate of drug-likeness (QED) is 0.815. The number of rotatable bonds is 6. The summed E-state index contributed by atoms with van der Waals surface area (Å²) < 4.78 is 5.35. The fourth-order valence-corrected chi connectivity index (χ4v) is 2.62. The van der Waals surface area contributed by atoms with E-state index < -0.39 is 0 Å². The van der Waals surface area contributed by atoms with Crippen LogP contribution in [0.25, 0.3) is 0 Å². The molecule has 0 unspecified atom stereocenters. The summed E-state index contributed by atoms with van der Waals surface area (Å²) in [6, 6.07) is 7.28. The van der Waals surface area contributed by atoms with E-state index in [0.29, 0.717) is 12.2 Å². The Morgan fingerprint density at radius 1 is 1.27 bits per heavy atom. The van der Waals surface area contributed by atoms with Crippen LogP contribution in [0.1, 0.15) is 37.0 Å². The van der Waals surface area contributed by atoms with Crippen LogP contribution in [0.15, 0.2) is 24.3 Å². The minimum Gasteiger partial charge on any atom is -0.494 e. The van der Waals surface area contributed by atoms with Crippen LogP contribution < -0.4 is 10.1 Å². The SMILES string of the molecule is CCOc1ccc(C(=O)CCC(=O)N2CCNC[C@H]2C)cc1. The Labute approximate surface area is 131 Å². The van der Waals surface area contributed by atoms with Gasteiger partial charge in [0, 0.05) is 44.1 Å². The van der Waals surface area contributed by atoms with Gasteiger partial charge in [-0.1, -0.05) is 0 Å². The van der Waals surface area contributed by atoms with Gasteiger partial charge in [0.2, 0.25) is 5.91 Å². The van der Waals surface area contributed by atoms with Crippen molar-refractivity contribution >= 4 is 11.7 Å². The van der Waals surface area contributed by atoms with Gasteiger partial charge in [-0.2, -0.15) is 0 Å². The topological polar surface area (TPSA) is 58.6 Å². The molecule has 1 aromatic rings. The zero-order valence-electron chi connectivity index (χ0n) is 13.3. The molecule has 1 aliphatic rings. The molecule has 0 radical (unpaired) electrons. The monoisotopic (exact) mass is 304 g/mol. The molecule has 1 fully saturated rings. The number of ether oxygens (including phenoxy) is 1. The lowest BCUT2D eigenvalue weighted by atomic mass is 10.1. The number of hydrogen-bond acceptors (Lipinski definition) is 4. The number of piperazine rings is 1. The van der Waals surface area contributed by atoms with Gasteiger partial charge < -0.3 is 15.0 Å². The average Bonchev–Trinajstić information content (AvgIpc) is 2.54. The molecule has 5 nitrogen and oxygen atoms in total. The number of nitrogens with one attached hydrogen (secondary N) is 1. The summed E-state index contributed by atoms with van der Waals surface area (Å²) in [5.74, 6) is 0.817. The van der Waals surface area contributed by atoms with Gasteiger partial charge in [-0.25, -0.2) is 0 Å². The lowest BCUT2D eigenvalue weighted by Crippen LogP contribution is -2.52. The predicted molar refractivity (Wildman–Crippen MR) is 85.2 cm³/mol. The first-order valence-electron chi connectivity index (χ1n) is 7.88. The number of hydrogen-bond donors (Lipinski definition) is 1. The third-order valence-electron chi connectivity index (χ3n) is 3.87. The van der Waals surface area contributed by atoms with E-state index in [1.54, 1.807) is 24.3 Å². The third kappa shape index (κ3) is 4.31. The second-order valence-corrected chi connectivity index (χ2v) is 5.52. The van der Waals surface area contributed by atoms with Crippen LogP contribution in [-0.4, -0.2) is 48.9 Å². The Balaban J connectivity index is 1.85. The maximum absolute atomic E-state index is 12.2. The second-order valence-electron chi connectivity index (χ2n) is 5.52. The molecule has 0 aromatic heterocycles. The summed E-state index contributed by atoms with van der Waals surface area (Å²) in [6.45, 7) is 6.91. The summed E-state index contributed by atoms with van der Waals surface area (Å²) in [4.78, 5) is 26.2. The third-order valence-corrected chi connectivity index (χ3v) is 3.87. The molecule has 2 rings (SSSR count). The molecule has 1 atom stereocenters. The number of ketones is 1. The minimum atomic E-state index is -0.000754. The van der Waals surface area contributed by atoms with Crippen molar-refractivity contribution in [3.8, 4) is 5.75 Å². The van der Waals surface area contributed by atoms with E-state index in [4.69, 9.17) is 4.74 Å². The summed E-state index contributed by atoms with van der Waals surface area (Å²) in [5, 5.41) is 3.25. The molecule has 0 aliphatic carbocycles. The number of amides is 1. The first-order chi connectivity index (χ1) is 10.6. The van der Waals surface area contributed by atoms with Crippen molar-refractivity contribution in [1.82, 2.24) is 10.2 Å². The van der Waals surface area contributed by atoms with Crippen molar-refractivity contribution in [3.63, 3.8) is 0 Å². The standard InChI is InChI=1S/C17H24N2O3/c1-3-22-15-6-4-14(5-7-15)16(20)8-9-17(21)19-11-10-18-12-13(19)2/h4-7,13,18H,3,8-12H2,1-2H3/t13-/m1/s1. The summed E-state index contributed by atoms with van der Waals surface area (Å²) in [7, 11) is 0. The first kappa shape index (κ1) is 16.5. The van der Waals surface area contributed by atoms with Gasteiger partial charge in [0.1, 0.15) is 5.75 Å². The van der Waals surface area contributed by atoms with E-state index in [1.165, 1.54) is 0 Å². The minimum absolute atomic E-state index is 0.000754. The zero-order valence-corrected chi connectivity index (χ0v) is 13.3. The van der Waals surface area contributed by atoms with Crippen LogP contribution in [0, 0.1) is 0 Å². The maximum atomic E-state index is 12.2. The Kier molecular flexibility index (Phi) is 5.95. The molecular weight excluding hydrogens is 280 g/mol. The van der Waals surface area contributed by atoms with E-state index in [9.17, 15) is 9.59 Å². The van der Waals surface area contributed by atoms with Gasteiger partial charge in [0.25, 0.3) is 0 Å². The van der Waals surface area contributed by atoms with Crippen LogP contribution in [0.4, 0.5) is 0 Å². The highest BCUT2D eigenvalue weighted by Crippen LogP contribution is 2.15. The van der Waals surface area contributed by atoms with E-state index in [0.717, 1.165) is 25.4 Å². The number of benzene rings is 1. The van der Waals surface area contributed by atoms with Crippen LogP contribution in [0.5, 0.6) is 5.75 Å². The molecule has 22 heavy (non-hydrogen) atoms. The Hall–Kier alpha value is -1.88. The maximum Gasteiger partial charge on any atom is 0.223 e. The van der Waals surface area contributed by atoms with Crippen LogP contribution in [-0.2, 0) is 4.79 Å². The van der Waals surface area contributed by atoms with Crippen LogP contribution >= 0.6 is 0 Å². The first-order valence-corrected chi connectivity index (χ1v) is 7.88. The molecule has 0 spiro atoms. The van der Waals surface area contributed by atoms with Gasteiger partial charge in [-0.05, 0) is 38.1 Å². The van der Waals surface area contributed by atoms with Gasteiger partial charge in [-0.3, -0.25) is 9.59 Å².